The Morgan fingerprint density at radius 1 is 1.19 bits per heavy atom. The minimum atomic E-state index is -1.33. The van der Waals surface area contributed by atoms with E-state index in [1.807, 2.05) is 13.8 Å². The van der Waals surface area contributed by atoms with Gasteiger partial charge in [0.2, 0.25) is 0 Å². The topological polar surface area (TPSA) is 98.1 Å². The van der Waals surface area contributed by atoms with Crippen LogP contribution in [0, 0.1) is 18.2 Å². The zero-order valence-corrected chi connectivity index (χ0v) is 22.2. The molecule has 7 nitrogen and oxygen atoms in total. The molecular weight excluding hydrogens is 497 g/mol. The van der Waals surface area contributed by atoms with Crippen LogP contribution in [0.4, 0.5) is 4.39 Å². The molecule has 196 valence electrons. The van der Waals surface area contributed by atoms with Crippen LogP contribution in [0.3, 0.4) is 0 Å². The lowest BCUT2D eigenvalue weighted by Gasteiger charge is -2.46. The van der Waals surface area contributed by atoms with Gasteiger partial charge in [0, 0.05) is 28.6 Å². The van der Waals surface area contributed by atoms with Gasteiger partial charge >= 0.3 is 5.97 Å². The second-order valence-electron chi connectivity index (χ2n) is 10.1. The lowest BCUT2D eigenvalue weighted by atomic mass is 9.64. The standard InChI is InChI=1S/C28H30FNO6S/c1-16-6-7-17(29)10-22(16)35-12-20-24(25(31)27(2,3)14-28(20,4)33)19-9-8-18(11-23(19)34-5)36-26(32)21-13-37-15-30-21/h6-11,13,15,25,31,33H,12,14H2,1-5H3. The average molecular weight is 528 g/mol. The minimum absolute atomic E-state index is 0.0799. The number of thiazole rings is 1. The van der Waals surface area contributed by atoms with Gasteiger partial charge in [0.25, 0.3) is 0 Å². The molecule has 0 aliphatic heterocycles. The first-order valence-electron chi connectivity index (χ1n) is 11.7. The largest absolute Gasteiger partial charge is 0.496 e. The number of halogens is 1. The second kappa shape index (κ2) is 10.2. The number of benzene rings is 2. The number of esters is 1. The third-order valence-electron chi connectivity index (χ3n) is 6.63. The molecule has 9 heteroatoms. The van der Waals surface area contributed by atoms with E-state index in [1.54, 1.807) is 49.0 Å². The van der Waals surface area contributed by atoms with Gasteiger partial charge in [0.15, 0.2) is 5.69 Å². The van der Waals surface area contributed by atoms with E-state index < -0.39 is 28.9 Å². The Morgan fingerprint density at radius 3 is 2.62 bits per heavy atom. The molecule has 2 unspecified atom stereocenters. The van der Waals surface area contributed by atoms with Gasteiger partial charge in [-0.25, -0.2) is 14.2 Å². The second-order valence-corrected chi connectivity index (χ2v) is 10.8. The maximum Gasteiger partial charge on any atom is 0.363 e. The predicted octanol–water partition coefficient (Wildman–Crippen LogP) is 5.19. The predicted molar refractivity (Wildman–Crippen MR) is 139 cm³/mol. The summed E-state index contributed by atoms with van der Waals surface area (Å²) in [6.45, 7) is 7.14. The monoisotopic (exact) mass is 527 g/mol. The lowest BCUT2D eigenvalue weighted by molar-refractivity contribution is -0.0159. The maximum absolute atomic E-state index is 13.8. The van der Waals surface area contributed by atoms with Crippen LogP contribution in [0.2, 0.25) is 0 Å². The fraction of sp³-hybridized carbons (Fsp3) is 0.357. The Hall–Kier alpha value is -3.27. The number of aryl methyl sites for hydroxylation is 1. The first kappa shape index (κ1) is 26.8. The number of methoxy groups -OCH3 is 1. The van der Waals surface area contributed by atoms with Gasteiger partial charge < -0.3 is 24.4 Å². The highest BCUT2D eigenvalue weighted by atomic mass is 32.1. The van der Waals surface area contributed by atoms with Crippen LogP contribution in [0.25, 0.3) is 5.57 Å². The van der Waals surface area contributed by atoms with E-state index in [0.717, 1.165) is 5.56 Å². The Kier molecular flexibility index (Phi) is 7.41. The normalized spacial score (nSPS) is 21.0. The number of nitrogens with zero attached hydrogens (tertiary/aromatic N) is 1. The molecule has 1 aliphatic rings. The number of rotatable bonds is 7. The fourth-order valence-corrected chi connectivity index (χ4v) is 5.31. The Labute approximate surface area is 219 Å². The third-order valence-corrected chi connectivity index (χ3v) is 7.21. The van der Waals surface area contributed by atoms with Crippen molar-refractivity contribution in [1.29, 1.82) is 0 Å². The zero-order chi connectivity index (χ0) is 27.0. The summed E-state index contributed by atoms with van der Waals surface area (Å²) >= 11 is 1.29. The molecule has 0 amide bonds. The molecule has 0 fully saturated rings. The number of aliphatic hydroxyl groups is 2. The number of ether oxygens (including phenoxy) is 3. The van der Waals surface area contributed by atoms with Gasteiger partial charge in [0.1, 0.15) is 29.7 Å². The van der Waals surface area contributed by atoms with Crippen molar-refractivity contribution in [2.75, 3.05) is 13.7 Å². The molecule has 0 spiro atoms. The average Bonchev–Trinajstić information content (AvgIpc) is 3.37. The van der Waals surface area contributed by atoms with Crippen molar-refractivity contribution in [3.8, 4) is 17.2 Å². The SMILES string of the molecule is COc1cc(OC(=O)c2cscn2)ccc1C1=C(COc2cc(F)ccc2C)C(C)(O)CC(C)(C)C1O. The van der Waals surface area contributed by atoms with Crippen molar-refractivity contribution in [2.24, 2.45) is 5.41 Å². The first-order valence-corrected chi connectivity index (χ1v) is 12.7. The van der Waals surface area contributed by atoms with Crippen LogP contribution in [0.15, 0.2) is 52.9 Å². The van der Waals surface area contributed by atoms with E-state index >= 15 is 0 Å². The molecule has 2 N–H and O–H groups in total. The molecular formula is C28H30FNO6S. The summed E-state index contributed by atoms with van der Waals surface area (Å²) in [7, 11) is 1.47. The number of aromatic nitrogens is 1. The van der Waals surface area contributed by atoms with Crippen molar-refractivity contribution in [3.63, 3.8) is 0 Å². The van der Waals surface area contributed by atoms with E-state index in [0.29, 0.717) is 28.2 Å². The lowest BCUT2D eigenvalue weighted by Crippen LogP contribution is -2.47. The zero-order valence-electron chi connectivity index (χ0n) is 21.4. The van der Waals surface area contributed by atoms with E-state index in [4.69, 9.17) is 14.2 Å². The van der Waals surface area contributed by atoms with Crippen molar-refractivity contribution >= 4 is 22.9 Å². The highest BCUT2D eigenvalue weighted by molar-refractivity contribution is 7.07. The number of hydrogen-bond donors (Lipinski definition) is 2. The van der Waals surface area contributed by atoms with Crippen molar-refractivity contribution in [3.05, 3.63) is 75.5 Å². The number of carbonyl (C=O) groups is 1. The Balaban J connectivity index is 1.77. The van der Waals surface area contributed by atoms with Gasteiger partial charge in [-0.05, 0) is 55.0 Å². The van der Waals surface area contributed by atoms with Gasteiger partial charge in [-0.1, -0.05) is 19.9 Å². The number of aliphatic hydroxyl groups excluding tert-OH is 1. The van der Waals surface area contributed by atoms with E-state index in [9.17, 15) is 19.4 Å². The van der Waals surface area contributed by atoms with Crippen LogP contribution in [0.5, 0.6) is 17.2 Å². The van der Waals surface area contributed by atoms with Gasteiger partial charge in [0.05, 0.1) is 24.3 Å². The molecule has 1 aliphatic carbocycles. The van der Waals surface area contributed by atoms with Crippen LogP contribution in [0.1, 0.15) is 48.8 Å². The number of hydrogen-bond acceptors (Lipinski definition) is 8. The van der Waals surface area contributed by atoms with E-state index in [-0.39, 0.29) is 24.5 Å². The van der Waals surface area contributed by atoms with E-state index in [1.165, 1.54) is 30.6 Å². The molecule has 0 saturated heterocycles. The first-order chi connectivity index (χ1) is 17.4. The Bertz CT molecular complexity index is 1330. The van der Waals surface area contributed by atoms with Gasteiger partial charge in [-0.2, -0.15) is 0 Å². The Morgan fingerprint density at radius 2 is 1.95 bits per heavy atom. The van der Waals surface area contributed by atoms with Crippen LogP contribution in [-0.2, 0) is 0 Å². The van der Waals surface area contributed by atoms with Crippen LogP contribution < -0.4 is 14.2 Å². The van der Waals surface area contributed by atoms with Gasteiger partial charge in [-0.15, -0.1) is 11.3 Å². The summed E-state index contributed by atoms with van der Waals surface area (Å²) in [5.41, 5.74) is 1.88. The molecule has 2 aromatic carbocycles. The van der Waals surface area contributed by atoms with Crippen molar-refractivity contribution in [2.45, 2.75) is 45.8 Å². The highest BCUT2D eigenvalue weighted by Crippen LogP contribution is 2.50. The number of carbonyl (C=O) groups excluding carboxylic acids is 1. The van der Waals surface area contributed by atoms with Crippen molar-refractivity contribution in [1.82, 2.24) is 4.98 Å². The molecule has 1 aromatic heterocycles. The third kappa shape index (κ3) is 5.53. The van der Waals surface area contributed by atoms with Crippen LogP contribution in [-0.4, -0.2) is 46.6 Å². The molecule has 0 radical (unpaired) electrons. The van der Waals surface area contributed by atoms with Crippen LogP contribution >= 0.6 is 11.3 Å². The molecule has 1 heterocycles. The summed E-state index contributed by atoms with van der Waals surface area (Å²) in [6.07, 6.45) is -0.700. The molecule has 4 rings (SSSR count). The molecule has 3 aromatic rings. The summed E-state index contributed by atoms with van der Waals surface area (Å²) in [5, 5.41) is 24.6. The minimum Gasteiger partial charge on any atom is -0.496 e. The highest BCUT2D eigenvalue weighted by Gasteiger charge is 2.47. The summed E-state index contributed by atoms with van der Waals surface area (Å²) < 4.78 is 30.9. The molecule has 2 atom stereocenters. The summed E-state index contributed by atoms with van der Waals surface area (Å²) in [5.74, 6) is -0.111. The maximum atomic E-state index is 13.8. The molecule has 0 bridgehead atoms. The van der Waals surface area contributed by atoms with E-state index in [2.05, 4.69) is 4.98 Å². The fourth-order valence-electron chi connectivity index (χ4n) is 4.79. The van der Waals surface area contributed by atoms with Crippen molar-refractivity contribution < 1.29 is 33.6 Å². The molecule has 37 heavy (non-hydrogen) atoms. The summed E-state index contributed by atoms with van der Waals surface area (Å²) in [4.78, 5) is 16.3. The van der Waals surface area contributed by atoms with Gasteiger partial charge in [-0.3, -0.25) is 0 Å². The quantitative estimate of drug-likeness (QED) is 0.322. The summed E-state index contributed by atoms with van der Waals surface area (Å²) in [6, 6.07) is 9.07. The molecule has 0 saturated carbocycles. The smallest absolute Gasteiger partial charge is 0.363 e.